The van der Waals surface area contributed by atoms with Crippen molar-refractivity contribution in [2.24, 2.45) is 0 Å². The highest BCUT2D eigenvalue weighted by Crippen LogP contribution is 2.42. The van der Waals surface area contributed by atoms with Gasteiger partial charge in [0.05, 0.1) is 25.3 Å². The minimum atomic E-state index is -0.764. The molecule has 1 heterocycles. The van der Waals surface area contributed by atoms with E-state index in [0.29, 0.717) is 48.8 Å². The Bertz CT molecular complexity index is 966. The van der Waals surface area contributed by atoms with Gasteiger partial charge in [0, 0.05) is 31.4 Å². The molecule has 164 valence electrons. The Morgan fingerprint density at radius 3 is 2.42 bits per heavy atom. The molecule has 1 unspecified atom stereocenters. The number of ketones is 1. The van der Waals surface area contributed by atoms with Crippen LogP contribution in [0.25, 0.3) is 5.76 Å². The Morgan fingerprint density at radius 2 is 1.77 bits per heavy atom. The first-order valence-corrected chi connectivity index (χ1v) is 10.2. The van der Waals surface area contributed by atoms with Crippen molar-refractivity contribution in [3.05, 3.63) is 65.2 Å². The predicted molar refractivity (Wildman–Crippen MR) is 116 cm³/mol. The number of rotatable bonds is 9. The molecule has 1 amide bonds. The van der Waals surface area contributed by atoms with E-state index in [1.54, 1.807) is 43.5 Å². The third kappa shape index (κ3) is 4.56. The average molecular weight is 425 g/mol. The summed E-state index contributed by atoms with van der Waals surface area (Å²) in [5.74, 6) is -0.421. The van der Waals surface area contributed by atoms with Crippen LogP contribution < -0.4 is 9.47 Å². The van der Waals surface area contributed by atoms with Crippen LogP contribution in [0.4, 0.5) is 0 Å². The van der Waals surface area contributed by atoms with E-state index in [0.717, 1.165) is 0 Å². The number of carbonyl (C=O) groups excluding carboxylic acids is 2. The highest BCUT2D eigenvalue weighted by atomic mass is 16.5. The molecule has 7 nitrogen and oxygen atoms in total. The summed E-state index contributed by atoms with van der Waals surface area (Å²) in [6.07, 6.45) is 0.554. The monoisotopic (exact) mass is 425 g/mol. The summed E-state index contributed by atoms with van der Waals surface area (Å²) in [4.78, 5) is 27.4. The number of methoxy groups -OCH3 is 2. The van der Waals surface area contributed by atoms with E-state index in [1.807, 2.05) is 19.1 Å². The van der Waals surface area contributed by atoms with Crippen molar-refractivity contribution in [3.8, 4) is 11.5 Å². The number of hydrogen-bond donors (Lipinski definition) is 1. The lowest BCUT2D eigenvalue weighted by Gasteiger charge is -2.26. The Hall–Kier alpha value is -3.32. The molecule has 0 bridgehead atoms. The zero-order chi connectivity index (χ0) is 22.4. The van der Waals surface area contributed by atoms with E-state index < -0.39 is 17.7 Å². The van der Waals surface area contributed by atoms with E-state index in [2.05, 4.69) is 0 Å². The first-order valence-electron chi connectivity index (χ1n) is 10.2. The zero-order valence-corrected chi connectivity index (χ0v) is 18.0. The molecule has 0 radical (unpaired) electrons. The molecule has 1 fully saturated rings. The standard InChI is InChI=1S/C24H27NO6/c1-4-31-17-12-10-16(11-13-17)22(26)20-21(18-8-5-6-9-19(18)30-3)25(14-7-15-29-2)24(28)23(20)27/h5-6,8-13,21,26H,4,7,14-15H2,1-3H3. The number of amides is 1. The molecule has 0 aliphatic carbocycles. The summed E-state index contributed by atoms with van der Waals surface area (Å²) in [6, 6.07) is 13.2. The van der Waals surface area contributed by atoms with Crippen LogP contribution in [0, 0.1) is 0 Å². The van der Waals surface area contributed by atoms with Gasteiger partial charge in [-0.15, -0.1) is 0 Å². The maximum atomic E-state index is 13.0. The fourth-order valence-electron chi connectivity index (χ4n) is 3.74. The third-order valence-electron chi connectivity index (χ3n) is 5.16. The maximum absolute atomic E-state index is 13.0. The molecule has 1 aliphatic rings. The molecule has 31 heavy (non-hydrogen) atoms. The lowest BCUT2D eigenvalue weighted by Crippen LogP contribution is -2.31. The van der Waals surface area contributed by atoms with Crippen LogP contribution in [0.3, 0.4) is 0 Å². The largest absolute Gasteiger partial charge is 0.507 e. The zero-order valence-electron chi connectivity index (χ0n) is 18.0. The Kier molecular flexibility index (Phi) is 7.31. The van der Waals surface area contributed by atoms with Crippen molar-refractivity contribution >= 4 is 17.4 Å². The number of nitrogens with zero attached hydrogens (tertiary/aromatic N) is 1. The first kappa shape index (κ1) is 22.4. The summed E-state index contributed by atoms with van der Waals surface area (Å²) >= 11 is 0. The van der Waals surface area contributed by atoms with Crippen molar-refractivity contribution < 1.29 is 28.9 Å². The molecular weight excluding hydrogens is 398 g/mol. The smallest absolute Gasteiger partial charge is 0.295 e. The van der Waals surface area contributed by atoms with Gasteiger partial charge in [-0.2, -0.15) is 0 Å². The van der Waals surface area contributed by atoms with Gasteiger partial charge in [-0.25, -0.2) is 0 Å². The molecule has 0 aromatic heterocycles. The highest BCUT2D eigenvalue weighted by Gasteiger charge is 2.46. The molecule has 1 saturated heterocycles. The van der Waals surface area contributed by atoms with E-state index in [1.165, 1.54) is 12.0 Å². The van der Waals surface area contributed by atoms with Crippen molar-refractivity contribution in [2.75, 3.05) is 34.0 Å². The Morgan fingerprint density at radius 1 is 1.06 bits per heavy atom. The van der Waals surface area contributed by atoms with Crippen LogP contribution in [-0.2, 0) is 14.3 Å². The van der Waals surface area contributed by atoms with Crippen molar-refractivity contribution in [3.63, 3.8) is 0 Å². The number of ether oxygens (including phenoxy) is 3. The highest BCUT2D eigenvalue weighted by molar-refractivity contribution is 6.46. The number of likely N-dealkylation sites (tertiary alicyclic amines) is 1. The minimum Gasteiger partial charge on any atom is -0.507 e. The summed E-state index contributed by atoms with van der Waals surface area (Å²) in [6.45, 7) is 3.15. The van der Waals surface area contributed by atoms with Crippen molar-refractivity contribution in [2.45, 2.75) is 19.4 Å². The number of benzene rings is 2. The summed E-state index contributed by atoms with van der Waals surface area (Å²) < 4.78 is 16.0. The van der Waals surface area contributed by atoms with Gasteiger partial charge < -0.3 is 24.2 Å². The van der Waals surface area contributed by atoms with Gasteiger partial charge in [-0.05, 0) is 43.7 Å². The number of hydrogen-bond acceptors (Lipinski definition) is 6. The minimum absolute atomic E-state index is 0.0380. The topological polar surface area (TPSA) is 85.3 Å². The van der Waals surface area contributed by atoms with Crippen LogP contribution in [-0.4, -0.2) is 55.7 Å². The maximum Gasteiger partial charge on any atom is 0.295 e. The Labute approximate surface area is 181 Å². The van der Waals surface area contributed by atoms with Crippen LogP contribution in [0.1, 0.15) is 30.5 Å². The molecule has 0 spiro atoms. The Balaban J connectivity index is 2.11. The van der Waals surface area contributed by atoms with Gasteiger partial charge in [0.1, 0.15) is 17.3 Å². The number of aliphatic hydroxyl groups is 1. The number of aliphatic hydroxyl groups excluding tert-OH is 1. The van der Waals surface area contributed by atoms with Crippen molar-refractivity contribution in [1.82, 2.24) is 4.90 Å². The van der Waals surface area contributed by atoms with E-state index >= 15 is 0 Å². The molecule has 7 heteroatoms. The van der Waals surface area contributed by atoms with Crippen LogP contribution >= 0.6 is 0 Å². The van der Waals surface area contributed by atoms with Crippen LogP contribution in [0.5, 0.6) is 11.5 Å². The number of para-hydroxylation sites is 1. The fraction of sp³-hybridized carbons (Fsp3) is 0.333. The van der Waals surface area contributed by atoms with Gasteiger partial charge in [0.15, 0.2) is 0 Å². The van der Waals surface area contributed by atoms with Gasteiger partial charge >= 0.3 is 0 Å². The molecule has 0 saturated carbocycles. The van der Waals surface area contributed by atoms with E-state index in [9.17, 15) is 14.7 Å². The molecule has 1 N–H and O–H groups in total. The number of Topliss-reactive ketones (excluding diaryl/α,β-unsaturated/α-hetero) is 1. The SMILES string of the molecule is CCOc1ccc(C(O)=C2C(=O)C(=O)N(CCCOC)C2c2ccccc2OC)cc1. The molecule has 1 atom stereocenters. The predicted octanol–water partition coefficient (Wildman–Crippen LogP) is 3.55. The normalized spacial score (nSPS) is 17.8. The molecular formula is C24H27NO6. The summed E-state index contributed by atoms with van der Waals surface area (Å²) in [5, 5.41) is 11.1. The molecule has 3 rings (SSSR count). The first-order chi connectivity index (χ1) is 15.0. The average Bonchev–Trinajstić information content (AvgIpc) is 3.04. The van der Waals surface area contributed by atoms with E-state index in [-0.39, 0.29) is 11.3 Å². The fourth-order valence-corrected chi connectivity index (χ4v) is 3.74. The summed E-state index contributed by atoms with van der Waals surface area (Å²) in [7, 11) is 3.11. The van der Waals surface area contributed by atoms with Gasteiger partial charge in [-0.1, -0.05) is 18.2 Å². The van der Waals surface area contributed by atoms with Gasteiger partial charge in [-0.3, -0.25) is 9.59 Å². The molecule has 1 aliphatic heterocycles. The summed E-state index contributed by atoms with van der Waals surface area (Å²) in [5.41, 5.74) is 1.10. The quantitative estimate of drug-likeness (QED) is 0.286. The van der Waals surface area contributed by atoms with Crippen LogP contribution in [0.15, 0.2) is 54.1 Å². The molecule has 2 aromatic carbocycles. The van der Waals surface area contributed by atoms with E-state index in [4.69, 9.17) is 14.2 Å². The van der Waals surface area contributed by atoms with Gasteiger partial charge in [0.2, 0.25) is 0 Å². The number of carbonyl (C=O) groups is 2. The molecule has 2 aromatic rings. The van der Waals surface area contributed by atoms with Crippen LogP contribution in [0.2, 0.25) is 0 Å². The second-order valence-electron chi connectivity index (χ2n) is 7.04. The second-order valence-corrected chi connectivity index (χ2v) is 7.04. The third-order valence-corrected chi connectivity index (χ3v) is 5.16. The second kappa shape index (κ2) is 10.1. The lowest BCUT2D eigenvalue weighted by molar-refractivity contribution is -0.140. The lowest BCUT2D eigenvalue weighted by atomic mass is 9.94. The van der Waals surface area contributed by atoms with Crippen molar-refractivity contribution in [1.29, 1.82) is 0 Å². The van der Waals surface area contributed by atoms with Gasteiger partial charge in [0.25, 0.3) is 11.7 Å².